The summed E-state index contributed by atoms with van der Waals surface area (Å²) >= 11 is 0. The van der Waals surface area contributed by atoms with E-state index in [2.05, 4.69) is 6.92 Å². The zero-order valence-corrected chi connectivity index (χ0v) is 10.9. The fraction of sp³-hybridized carbons (Fsp3) is 0.929. The molecule has 2 fully saturated rings. The molecule has 4 unspecified atom stereocenters. The zero-order valence-electron chi connectivity index (χ0n) is 10.9. The van der Waals surface area contributed by atoms with Crippen molar-refractivity contribution in [3.8, 4) is 0 Å². The molecule has 2 N–H and O–H groups in total. The van der Waals surface area contributed by atoms with Crippen molar-refractivity contribution in [3.05, 3.63) is 0 Å². The predicted octanol–water partition coefficient (Wildman–Crippen LogP) is 2.63. The average molecular weight is 239 g/mol. The fourth-order valence-electron chi connectivity index (χ4n) is 3.19. The Balaban J connectivity index is 1.79. The van der Waals surface area contributed by atoms with Crippen LogP contribution in [0.2, 0.25) is 0 Å². The van der Waals surface area contributed by atoms with E-state index in [0.717, 1.165) is 38.5 Å². The van der Waals surface area contributed by atoms with Crippen molar-refractivity contribution in [2.45, 2.75) is 70.4 Å². The third-order valence-electron chi connectivity index (χ3n) is 4.22. The number of esters is 1. The summed E-state index contributed by atoms with van der Waals surface area (Å²) in [7, 11) is 0. The molecule has 0 radical (unpaired) electrons. The zero-order chi connectivity index (χ0) is 12.3. The lowest BCUT2D eigenvalue weighted by Gasteiger charge is -2.30. The Hall–Kier alpha value is -0.570. The highest BCUT2D eigenvalue weighted by molar-refractivity contribution is 5.72. The number of carbonyl (C=O) groups excluding carboxylic acids is 1. The molecule has 0 aromatic rings. The minimum absolute atomic E-state index is 0.0132. The summed E-state index contributed by atoms with van der Waals surface area (Å²) in [4.78, 5) is 12.0. The normalized spacial score (nSPS) is 38.7. The van der Waals surface area contributed by atoms with Crippen LogP contribution in [0.3, 0.4) is 0 Å². The van der Waals surface area contributed by atoms with E-state index in [1.165, 1.54) is 12.8 Å². The van der Waals surface area contributed by atoms with Crippen LogP contribution in [0.25, 0.3) is 0 Å². The first kappa shape index (κ1) is 12.9. The minimum Gasteiger partial charge on any atom is -0.462 e. The number of hydrogen-bond donors (Lipinski definition) is 1. The van der Waals surface area contributed by atoms with Gasteiger partial charge in [0.1, 0.15) is 6.10 Å². The number of nitrogens with two attached hydrogens (primary N) is 1. The van der Waals surface area contributed by atoms with E-state index in [-0.39, 0.29) is 24.0 Å². The van der Waals surface area contributed by atoms with Crippen LogP contribution in [-0.4, -0.2) is 18.1 Å². The van der Waals surface area contributed by atoms with Crippen LogP contribution in [0.5, 0.6) is 0 Å². The Morgan fingerprint density at radius 3 is 2.59 bits per heavy atom. The van der Waals surface area contributed by atoms with Gasteiger partial charge in [0.05, 0.1) is 5.92 Å². The summed E-state index contributed by atoms with van der Waals surface area (Å²) in [5.74, 6) is 0.783. The lowest BCUT2D eigenvalue weighted by Crippen LogP contribution is -2.35. The molecule has 0 spiro atoms. The molecule has 0 saturated heterocycles. The highest BCUT2D eigenvalue weighted by Gasteiger charge is 2.29. The van der Waals surface area contributed by atoms with Gasteiger partial charge in [-0.15, -0.1) is 0 Å². The van der Waals surface area contributed by atoms with Gasteiger partial charge in [0.15, 0.2) is 0 Å². The monoisotopic (exact) mass is 239 g/mol. The molecule has 3 nitrogen and oxygen atoms in total. The van der Waals surface area contributed by atoms with Gasteiger partial charge in [0, 0.05) is 6.04 Å². The third kappa shape index (κ3) is 3.70. The largest absolute Gasteiger partial charge is 0.462 e. The van der Waals surface area contributed by atoms with E-state index >= 15 is 0 Å². The van der Waals surface area contributed by atoms with Gasteiger partial charge >= 0.3 is 5.97 Å². The fourth-order valence-corrected chi connectivity index (χ4v) is 3.19. The van der Waals surface area contributed by atoms with Crippen LogP contribution in [0.15, 0.2) is 0 Å². The second kappa shape index (κ2) is 5.85. The molecule has 2 aliphatic carbocycles. The molecule has 0 aromatic carbocycles. The van der Waals surface area contributed by atoms with Gasteiger partial charge in [-0.2, -0.15) is 0 Å². The van der Waals surface area contributed by atoms with Gasteiger partial charge in [-0.05, 0) is 44.4 Å². The molecule has 0 heterocycles. The highest BCUT2D eigenvalue weighted by atomic mass is 16.5. The summed E-state index contributed by atoms with van der Waals surface area (Å²) in [6, 6.07) is 0.201. The molecule has 0 aliphatic heterocycles. The maximum Gasteiger partial charge on any atom is 0.309 e. The van der Waals surface area contributed by atoms with Crippen molar-refractivity contribution >= 4 is 5.97 Å². The van der Waals surface area contributed by atoms with E-state index in [4.69, 9.17) is 10.5 Å². The van der Waals surface area contributed by atoms with Crippen LogP contribution in [-0.2, 0) is 9.53 Å². The Morgan fingerprint density at radius 1 is 1.12 bits per heavy atom. The third-order valence-corrected chi connectivity index (χ3v) is 4.22. The van der Waals surface area contributed by atoms with Gasteiger partial charge in [0.25, 0.3) is 0 Å². The number of hydrogen-bond acceptors (Lipinski definition) is 3. The summed E-state index contributed by atoms with van der Waals surface area (Å²) < 4.78 is 5.66. The van der Waals surface area contributed by atoms with Crippen LogP contribution in [0.1, 0.15) is 58.3 Å². The minimum atomic E-state index is 0.0132. The molecular formula is C14H25NO2. The molecule has 2 aliphatic rings. The molecule has 2 saturated carbocycles. The van der Waals surface area contributed by atoms with E-state index in [1.807, 2.05) is 0 Å². The van der Waals surface area contributed by atoms with E-state index in [1.54, 1.807) is 0 Å². The van der Waals surface area contributed by atoms with Crippen molar-refractivity contribution in [3.63, 3.8) is 0 Å². The molecule has 0 aromatic heterocycles. The smallest absolute Gasteiger partial charge is 0.309 e. The Kier molecular flexibility index (Phi) is 4.43. The first-order valence-corrected chi connectivity index (χ1v) is 7.11. The maximum atomic E-state index is 12.0. The van der Waals surface area contributed by atoms with E-state index in [0.29, 0.717) is 5.92 Å². The Labute approximate surface area is 104 Å². The van der Waals surface area contributed by atoms with Gasteiger partial charge in [-0.1, -0.05) is 19.8 Å². The van der Waals surface area contributed by atoms with Gasteiger partial charge in [-0.25, -0.2) is 0 Å². The average Bonchev–Trinajstić information content (AvgIpc) is 2.29. The number of rotatable bonds is 2. The molecule has 4 atom stereocenters. The molecular weight excluding hydrogens is 214 g/mol. The van der Waals surface area contributed by atoms with E-state index in [9.17, 15) is 4.79 Å². The molecule has 17 heavy (non-hydrogen) atoms. The molecule has 3 heteroatoms. The van der Waals surface area contributed by atoms with Gasteiger partial charge in [-0.3, -0.25) is 4.79 Å². The number of carbonyl (C=O) groups is 1. The van der Waals surface area contributed by atoms with E-state index < -0.39 is 0 Å². The Morgan fingerprint density at radius 2 is 1.88 bits per heavy atom. The molecule has 0 bridgehead atoms. The topological polar surface area (TPSA) is 52.3 Å². The van der Waals surface area contributed by atoms with Crippen LogP contribution < -0.4 is 5.73 Å². The molecule has 98 valence electrons. The lowest BCUT2D eigenvalue weighted by atomic mass is 9.85. The predicted molar refractivity (Wildman–Crippen MR) is 67.4 cm³/mol. The van der Waals surface area contributed by atoms with Crippen molar-refractivity contribution in [1.29, 1.82) is 0 Å². The first-order chi connectivity index (χ1) is 8.15. The summed E-state index contributed by atoms with van der Waals surface area (Å²) in [6.07, 6.45) is 8.66. The number of ether oxygens (including phenoxy) is 1. The van der Waals surface area contributed by atoms with Crippen molar-refractivity contribution in [1.82, 2.24) is 0 Å². The summed E-state index contributed by atoms with van der Waals surface area (Å²) in [6.45, 7) is 2.25. The lowest BCUT2D eigenvalue weighted by molar-refractivity contribution is -0.157. The quantitative estimate of drug-likeness (QED) is 0.754. The molecule has 0 amide bonds. The van der Waals surface area contributed by atoms with Crippen LogP contribution in [0.4, 0.5) is 0 Å². The highest BCUT2D eigenvalue weighted by Crippen LogP contribution is 2.29. The van der Waals surface area contributed by atoms with Crippen molar-refractivity contribution in [2.24, 2.45) is 17.6 Å². The van der Waals surface area contributed by atoms with Gasteiger partial charge < -0.3 is 10.5 Å². The van der Waals surface area contributed by atoms with Crippen LogP contribution >= 0.6 is 0 Å². The standard InChI is InChI=1S/C14H25NO2/c1-10-4-2-7-13(8-10)17-14(16)11-5-3-6-12(15)9-11/h10-13H,2-9,15H2,1H3. The summed E-state index contributed by atoms with van der Waals surface area (Å²) in [5, 5.41) is 0. The SMILES string of the molecule is CC1CCCC(OC(=O)C2CCCC(N)C2)C1. The second-order valence-corrected chi connectivity index (χ2v) is 5.95. The van der Waals surface area contributed by atoms with Crippen molar-refractivity contribution < 1.29 is 9.53 Å². The first-order valence-electron chi connectivity index (χ1n) is 7.11. The summed E-state index contributed by atoms with van der Waals surface area (Å²) in [5.41, 5.74) is 5.91. The van der Waals surface area contributed by atoms with Crippen LogP contribution in [0, 0.1) is 11.8 Å². The maximum absolute atomic E-state index is 12.0. The van der Waals surface area contributed by atoms with Gasteiger partial charge in [0.2, 0.25) is 0 Å². The Bertz CT molecular complexity index is 267. The second-order valence-electron chi connectivity index (χ2n) is 5.95. The molecule has 2 rings (SSSR count). The van der Waals surface area contributed by atoms with Crippen molar-refractivity contribution in [2.75, 3.05) is 0 Å².